The minimum Gasteiger partial charge on any atom is -0.265 e. The lowest BCUT2D eigenvalue weighted by atomic mass is 10.3. The molecule has 0 radical (unpaired) electrons. The molecule has 0 aromatic carbocycles. The number of hydrogen-bond donors (Lipinski definition) is 2. The van der Waals surface area contributed by atoms with E-state index in [0.29, 0.717) is 0 Å². The van der Waals surface area contributed by atoms with E-state index < -0.39 is 6.03 Å². The van der Waals surface area contributed by atoms with E-state index in [1.807, 2.05) is 0 Å². The van der Waals surface area contributed by atoms with Crippen molar-refractivity contribution in [1.82, 2.24) is 20.8 Å². The molecule has 0 atom stereocenters. The molecule has 100 valence electrons. The summed E-state index contributed by atoms with van der Waals surface area (Å²) in [5.74, 6) is 0. The van der Waals surface area contributed by atoms with Crippen LogP contribution in [0.3, 0.4) is 0 Å². The van der Waals surface area contributed by atoms with E-state index >= 15 is 0 Å². The second kappa shape index (κ2) is 7.37. The van der Waals surface area contributed by atoms with Crippen molar-refractivity contribution in [2.75, 3.05) is 0 Å². The molecule has 0 aliphatic heterocycles. The fourth-order valence-corrected chi connectivity index (χ4v) is 1.25. The summed E-state index contributed by atoms with van der Waals surface area (Å²) in [4.78, 5) is 19.1. The number of nitrogens with one attached hydrogen (secondary N) is 2. The highest BCUT2D eigenvalue weighted by molar-refractivity contribution is 5.83. The van der Waals surface area contributed by atoms with Crippen LogP contribution in [0.4, 0.5) is 4.79 Å². The lowest BCUT2D eigenvalue weighted by Gasteiger charge is -1.97. The van der Waals surface area contributed by atoms with Gasteiger partial charge in [-0.2, -0.15) is 10.2 Å². The van der Waals surface area contributed by atoms with Crippen LogP contribution in [0.25, 0.3) is 0 Å². The van der Waals surface area contributed by atoms with Gasteiger partial charge in [0.15, 0.2) is 0 Å². The number of pyridine rings is 2. The van der Waals surface area contributed by atoms with Gasteiger partial charge in [0, 0.05) is 24.8 Å². The smallest absolute Gasteiger partial charge is 0.265 e. The highest BCUT2D eigenvalue weighted by atomic mass is 16.2. The number of carbonyl (C=O) groups excluding carboxylic acids is 1. The molecule has 0 unspecified atom stereocenters. The Labute approximate surface area is 115 Å². The van der Waals surface area contributed by atoms with E-state index in [1.54, 1.807) is 49.1 Å². The van der Waals surface area contributed by atoms with Gasteiger partial charge in [0.25, 0.3) is 0 Å². The molecule has 7 nitrogen and oxygen atoms in total. The fourth-order valence-electron chi connectivity index (χ4n) is 1.25. The summed E-state index contributed by atoms with van der Waals surface area (Å²) >= 11 is 0. The average Bonchev–Trinajstić information content (AvgIpc) is 2.49. The summed E-state index contributed by atoms with van der Waals surface area (Å²) in [6.07, 6.45) is 9.57. The topological polar surface area (TPSA) is 91.6 Å². The zero-order chi connectivity index (χ0) is 14.0. The zero-order valence-corrected chi connectivity index (χ0v) is 10.5. The van der Waals surface area contributed by atoms with Crippen molar-refractivity contribution in [1.29, 1.82) is 0 Å². The minimum absolute atomic E-state index is 0.527. The highest BCUT2D eigenvalue weighted by Crippen LogP contribution is 1.91. The second-order valence-corrected chi connectivity index (χ2v) is 3.63. The third kappa shape index (κ3) is 4.65. The average molecular weight is 268 g/mol. The monoisotopic (exact) mass is 268 g/mol. The predicted octanol–water partition coefficient (Wildman–Crippen LogP) is 1.14. The molecule has 2 rings (SSSR count). The Morgan fingerprint density at radius 3 is 1.65 bits per heavy atom. The third-order valence-electron chi connectivity index (χ3n) is 2.17. The van der Waals surface area contributed by atoms with E-state index in [2.05, 4.69) is 31.0 Å². The summed E-state index contributed by atoms with van der Waals surface area (Å²) in [5, 5.41) is 7.54. The largest absolute Gasteiger partial charge is 0.355 e. The molecule has 20 heavy (non-hydrogen) atoms. The molecule has 0 bridgehead atoms. The van der Waals surface area contributed by atoms with Gasteiger partial charge in [-0.3, -0.25) is 9.97 Å². The second-order valence-electron chi connectivity index (χ2n) is 3.63. The van der Waals surface area contributed by atoms with Gasteiger partial charge in [0.05, 0.1) is 12.4 Å². The number of hydrogen-bond acceptors (Lipinski definition) is 5. The third-order valence-corrected chi connectivity index (χ3v) is 2.17. The van der Waals surface area contributed by atoms with Gasteiger partial charge < -0.3 is 0 Å². The van der Waals surface area contributed by atoms with Crippen molar-refractivity contribution < 1.29 is 4.79 Å². The van der Waals surface area contributed by atoms with Crippen molar-refractivity contribution in [2.45, 2.75) is 0 Å². The Balaban J connectivity index is 1.76. The quantitative estimate of drug-likeness (QED) is 0.643. The number of amides is 2. The molecule has 7 heteroatoms. The maximum Gasteiger partial charge on any atom is 0.355 e. The molecule has 0 aliphatic rings. The molecule has 2 amide bonds. The number of rotatable bonds is 4. The van der Waals surface area contributed by atoms with Crippen LogP contribution in [0, 0.1) is 0 Å². The standard InChI is InChI=1S/C13H12N6O/c20-13(18-16-9-11-1-5-14-6-2-11)19-17-10-12-3-7-15-8-4-12/h1-10H,(H2,18,19,20)/b16-9-,17-10+. The molecular weight excluding hydrogens is 256 g/mol. The van der Waals surface area contributed by atoms with E-state index in [0.717, 1.165) is 11.1 Å². The van der Waals surface area contributed by atoms with Gasteiger partial charge in [-0.05, 0) is 35.4 Å². The molecule has 0 saturated carbocycles. The number of aromatic nitrogens is 2. The lowest BCUT2D eigenvalue weighted by molar-refractivity contribution is 0.242. The van der Waals surface area contributed by atoms with Gasteiger partial charge in [-0.25, -0.2) is 15.6 Å². The minimum atomic E-state index is -0.527. The van der Waals surface area contributed by atoms with Crippen molar-refractivity contribution in [3.05, 3.63) is 60.2 Å². The van der Waals surface area contributed by atoms with Gasteiger partial charge in [-0.15, -0.1) is 0 Å². The highest BCUT2D eigenvalue weighted by Gasteiger charge is 1.93. The maximum absolute atomic E-state index is 11.3. The Bertz CT molecular complexity index is 543. The first kappa shape index (κ1) is 13.3. The maximum atomic E-state index is 11.3. The number of urea groups is 1. The van der Waals surface area contributed by atoms with Crippen molar-refractivity contribution >= 4 is 18.5 Å². The van der Waals surface area contributed by atoms with Crippen LogP contribution in [0.2, 0.25) is 0 Å². The number of carbonyl (C=O) groups is 1. The lowest BCUT2D eigenvalue weighted by Crippen LogP contribution is -2.28. The molecule has 0 saturated heterocycles. The van der Waals surface area contributed by atoms with Crippen LogP contribution in [0.15, 0.2) is 59.3 Å². The number of nitrogens with zero attached hydrogens (tertiary/aromatic N) is 4. The summed E-state index contributed by atoms with van der Waals surface area (Å²) in [6.45, 7) is 0. The van der Waals surface area contributed by atoms with Gasteiger partial charge in [0.1, 0.15) is 0 Å². The summed E-state index contributed by atoms with van der Waals surface area (Å²) < 4.78 is 0. The molecule has 2 heterocycles. The van der Waals surface area contributed by atoms with E-state index in [-0.39, 0.29) is 0 Å². The molecule has 2 aromatic rings. The first-order valence-corrected chi connectivity index (χ1v) is 5.77. The summed E-state index contributed by atoms with van der Waals surface area (Å²) in [5.41, 5.74) is 6.25. The van der Waals surface area contributed by atoms with Crippen LogP contribution < -0.4 is 10.9 Å². The van der Waals surface area contributed by atoms with Crippen molar-refractivity contribution in [3.63, 3.8) is 0 Å². The van der Waals surface area contributed by atoms with Gasteiger partial charge >= 0.3 is 6.03 Å². The molecule has 2 N–H and O–H groups in total. The molecule has 2 aromatic heterocycles. The molecule has 0 spiro atoms. The normalized spacial score (nSPS) is 10.8. The van der Waals surface area contributed by atoms with Crippen LogP contribution in [-0.4, -0.2) is 28.4 Å². The van der Waals surface area contributed by atoms with Crippen LogP contribution in [-0.2, 0) is 0 Å². The van der Waals surface area contributed by atoms with Crippen LogP contribution in [0.1, 0.15) is 11.1 Å². The van der Waals surface area contributed by atoms with Crippen LogP contribution >= 0.6 is 0 Å². The summed E-state index contributed by atoms with van der Waals surface area (Å²) in [7, 11) is 0. The fraction of sp³-hybridized carbons (Fsp3) is 0. The van der Waals surface area contributed by atoms with Crippen molar-refractivity contribution in [2.24, 2.45) is 10.2 Å². The molecular formula is C13H12N6O. The van der Waals surface area contributed by atoms with Gasteiger partial charge in [0.2, 0.25) is 0 Å². The Morgan fingerprint density at radius 1 is 0.850 bits per heavy atom. The number of hydrazone groups is 2. The molecule has 0 fully saturated rings. The summed E-state index contributed by atoms with van der Waals surface area (Å²) in [6, 6.07) is 6.55. The Kier molecular flexibility index (Phi) is 4.92. The Hall–Kier alpha value is -3.09. The van der Waals surface area contributed by atoms with E-state index in [9.17, 15) is 4.79 Å². The van der Waals surface area contributed by atoms with Crippen LogP contribution in [0.5, 0.6) is 0 Å². The predicted molar refractivity (Wildman–Crippen MR) is 75.3 cm³/mol. The van der Waals surface area contributed by atoms with Crippen molar-refractivity contribution in [3.8, 4) is 0 Å². The Morgan fingerprint density at radius 2 is 1.25 bits per heavy atom. The zero-order valence-electron chi connectivity index (χ0n) is 10.5. The first-order valence-electron chi connectivity index (χ1n) is 5.77. The first-order chi connectivity index (χ1) is 9.84. The van der Waals surface area contributed by atoms with E-state index in [4.69, 9.17) is 0 Å². The SMILES string of the molecule is O=C(N/N=C\c1ccncc1)N/N=C/c1ccncc1. The van der Waals surface area contributed by atoms with Gasteiger partial charge in [-0.1, -0.05) is 0 Å². The van der Waals surface area contributed by atoms with E-state index in [1.165, 1.54) is 12.4 Å². The molecule has 0 aliphatic carbocycles.